The number of hydrogen-bond acceptors (Lipinski definition) is 8. The predicted molar refractivity (Wildman–Crippen MR) is 301 cm³/mol. The van der Waals surface area contributed by atoms with Gasteiger partial charge in [0.2, 0.25) is 0 Å². The Hall–Kier alpha value is -4.00. The molecule has 0 aliphatic carbocycles. The molecule has 0 aromatic heterocycles. The van der Waals surface area contributed by atoms with E-state index >= 15 is 0 Å². The Labute approximate surface area is 475 Å². The third-order valence-electron chi connectivity index (χ3n) is 15.9. The van der Waals surface area contributed by atoms with Gasteiger partial charge in [-0.3, -0.25) is 0 Å². The average Bonchev–Trinajstić information content (AvgIpc) is 3.44. The fourth-order valence-electron chi connectivity index (χ4n) is 10.9. The van der Waals surface area contributed by atoms with Crippen LogP contribution in [0.3, 0.4) is 0 Å². The lowest BCUT2D eigenvalue weighted by Crippen LogP contribution is -2.40. The highest BCUT2D eigenvalue weighted by molar-refractivity contribution is 7.99. The molecule has 0 amide bonds. The standard InChI is InChI=1S/2C31H41F5O3S/c2*1-29(24-13-11-23(21-37)12-14-24)22-39-28-20-25(38)15-16-26(28)27(29)10-7-5-3-2-4-6-8-18-40-19-9-17-30(32,33)31(34,35)36/h2*11-16,20,27,37-38H,2-10,17-19,21-22H2,1H3/t2*27-,29-/m11/s1. The molecule has 2 aliphatic heterocycles. The van der Waals surface area contributed by atoms with Gasteiger partial charge in [0.05, 0.1) is 26.4 Å². The van der Waals surface area contributed by atoms with Crippen LogP contribution < -0.4 is 9.47 Å². The Bertz CT molecular complexity index is 2260. The number of aliphatic hydroxyl groups is 2. The van der Waals surface area contributed by atoms with Crippen molar-refractivity contribution in [2.24, 2.45) is 0 Å². The fourth-order valence-corrected chi connectivity index (χ4v) is 12.8. The molecule has 2 aliphatic rings. The number of aliphatic hydroxyl groups excluding tert-OH is 2. The lowest BCUT2D eigenvalue weighted by atomic mass is 9.66. The third kappa shape index (κ3) is 19.6. The average molecular weight is 1180 g/mol. The van der Waals surface area contributed by atoms with Crippen LogP contribution in [-0.2, 0) is 24.0 Å². The first-order valence-electron chi connectivity index (χ1n) is 28.3. The quantitative estimate of drug-likeness (QED) is 0.0284. The molecule has 0 fully saturated rings. The smallest absolute Gasteiger partial charge is 0.453 e. The Morgan fingerprint density at radius 3 is 1.07 bits per heavy atom. The van der Waals surface area contributed by atoms with Crippen LogP contribution in [0.4, 0.5) is 43.9 Å². The van der Waals surface area contributed by atoms with Gasteiger partial charge in [-0.2, -0.15) is 67.4 Å². The normalized spacial score (nSPS) is 19.3. The van der Waals surface area contributed by atoms with Crippen LogP contribution in [0, 0.1) is 0 Å². The third-order valence-corrected chi connectivity index (χ3v) is 18.2. The summed E-state index contributed by atoms with van der Waals surface area (Å²) in [5.74, 6) is -4.65. The Morgan fingerprint density at radius 1 is 0.438 bits per heavy atom. The van der Waals surface area contributed by atoms with E-state index in [-0.39, 0.29) is 60.2 Å². The molecule has 6 rings (SSSR count). The molecule has 80 heavy (non-hydrogen) atoms. The second-order valence-electron chi connectivity index (χ2n) is 22.0. The number of aromatic hydroxyl groups is 2. The van der Waals surface area contributed by atoms with Crippen molar-refractivity contribution < 1.29 is 73.8 Å². The van der Waals surface area contributed by atoms with Crippen molar-refractivity contribution in [2.45, 2.75) is 202 Å². The van der Waals surface area contributed by atoms with E-state index in [1.54, 1.807) is 24.3 Å². The van der Waals surface area contributed by atoms with Gasteiger partial charge in [0.1, 0.15) is 23.0 Å². The number of thioether (sulfide) groups is 2. The Balaban J connectivity index is 0.000000294. The molecular formula is C62H82F10O6S2. The molecule has 4 aromatic rings. The number of fused-ring (bicyclic) bond motifs is 2. The molecule has 6 nitrogen and oxygen atoms in total. The maximum Gasteiger partial charge on any atom is 0.453 e. The van der Waals surface area contributed by atoms with E-state index in [2.05, 4.69) is 38.1 Å². The van der Waals surface area contributed by atoms with Crippen LogP contribution in [-0.4, -0.2) is 80.8 Å². The molecule has 4 aromatic carbocycles. The first-order valence-corrected chi connectivity index (χ1v) is 30.6. The van der Waals surface area contributed by atoms with Crippen molar-refractivity contribution in [3.8, 4) is 23.0 Å². The molecule has 0 radical (unpaired) electrons. The largest absolute Gasteiger partial charge is 0.508 e. The fraction of sp³-hybridized carbons (Fsp3) is 0.613. The summed E-state index contributed by atoms with van der Waals surface area (Å²) in [4.78, 5) is 0. The van der Waals surface area contributed by atoms with Crippen molar-refractivity contribution in [3.63, 3.8) is 0 Å². The zero-order valence-corrected chi connectivity index (χ0v) is 47.9. The highest BCUT2D eigenvalue weighted by Crippen LogP contribution is 2.52. The number of rotatable bonds is 32. The van der Waals surface area contributed by atoms with Gasteiger partial charge in [-0.1, -0.05) is 152 Å². The van der Waals surface area contributed by atoms with Gasteiger partial charge in [0, 0.05) is 47.6 Å². The number of halogens is 10. The summed E-state index contributed by atoms with van der Waals surface area (Å²) in [6.07, 6.45) is 3.44. The highest BCUT2D eigenvalue weighted by atomic mass is 32.2. The number of unbranched alkanes of at least 4 members (excludes halogenated alkanes) is 12. The summed E-state index contributed by atoms with van der Waals surface area (Å²) in [6, 6.07) is 26.8. The van der Waals surface area contributed by atoms with Gasteiger partial charge in [-0.15, -0.1) is 0 Å². The molecule has 18 heteroatoms. The van der Waals surface area contributed by atoms with Crippen LogP contribution in [0.1, 0.15) is 187 Å². The lowest BCUT2D eigenvalue weighted by molar-refractivity contribution is -0.284. The van der Waals surface area contributed by atoms with Gasteiger partial charge >= 0.3 is 24.2 Å². The Morgan fingerprint density at radius 2 is 0.750 bits per heavy atom. The van der Waals surface area contributed by atoms with Crippen molar-refractivity contribution in [1.29, 1.82) is 0 Å². The van der Waals surface area contributed by atoms with Crippen LogP contribution in [0.2, 0.25) is 0 Å². The van der Waals surface area contributed by atoms with Crippen LogP contribution in [0.5, 0.6) is 23.0 Å². The number of phenols is 2. The molecule has 4 N–H and O–H groups in total. The molecule has 2 heterocycles. The van der Waals surface area contributed by atoms with Gasteiger partial charge in [-0.25, -0.2) is 0 Å². The molecule has 0 spiro atoms. The monoisotopic (exact) mass is 1180 g/mol. The summed E-state index contributed by atoms with van der Waals surface area (Å²) in [7, 11) is 0. The van der Waals surface area contributed by atoms with E-state index in [1.807, 2.05) is 36.4 Å². The van der Waals surface area contributed by atoms with E-state index in [4.69, 9.17) is 9.47 Å². The summed E-state index contributed by atoms with van der Waals surface area (Å²) in [5, 5.41) is 38.8. The molecule has 0 saturated carbocycles. The van der Waals surface area contributed by atoms with E-state index in [1.165, 1.54) is 34.7 Å². The number of alkyl halides is 10. The minimum atomic E-state index is -5.45. The van der Waals surface area contributed by atoms with Crippen molar-refractivity contribution in [1.82, 2.24) is 0 Å². The highest BCUT2D eigenvalue weighted by Gasteiger charge is 2.57. The zero-order valence-electron chi connectivity index (χ0n) is 46.2. The second-order valence-corrected chi connectivity index (χ2v) is 24.5. The summed E-state index contributed by atoms with van der Waals surface area (Å²) in [5.41, 5.74) is 5.82. The van der Waals surface area contributed by atoms with Gasteiger partial charge in [0.25, 0.3) is 0 Å². The van der Waals surface area contributed by atoms with Gasteiger partial charge < -0.3 is 29.9 Å². The summed E-state index contributed by atoms with van der Waals surface area (Å²) >= 11 is 2.90. The van der Waals surface area contributed by atoms with Gasteiger partial charge in [0.15, 0.2) is 0 Å². The molecular weight excluding hydrogens is 1090 g/mol. The van der Waals surface area contributed by atoms with E-state index in [0.717, 1.165) is 148 Å². The van der Waals surface area contributed by atoms with Crippen LogP contribution in [0.15, 0.2) is 84.9 Å². The molecule has 0 unspecified atom stereocenters. The molecule has 4 atom stereocenters. The van der Waals surface area contributed by atoms with Gasteiger partial charge in [-0.05, 0) is 107 Å². The summed E-state index contributed by atoms with van der Waals surface area (Å²) in [6.45, 7) is 5.47. The predicted octanol–water partition coefficient (Wildman–Crippen LogP) is 18.3. The number of hydrogen-bond donors (Lipinski definition) is 4. The van der Waals surface area contributed by atoms with Crippen LogP contribution >= 0.6 is 23.5 Å². The maximum atomic E-state index is 12.9. The lowest BCUT2D eigenvalue weighted by Gasteiger charge is -2.43. The van der Waals surface area contributed by atoms with Crippen molar-refractivity contribution in [2.75, 3.05) is 36.2 Å². The number of ether oxygens (including phenoxy) is 2. The first kappa shape index (κ1) is 66.8. The molecule has 0 saturated heterocycles. The maximum absolute atomic E-state index is 12.9. The number of benzene rings is 4. The molecule has 448 valence electrons. The molecule has 0 bridgehead atoms. The van der Waals surface area contributed by atoms with E-state index < -0.39 is 37.0 Å². The van der Waals surface area contributed by atoms with Crippen LogP contribution in [0.25, 0.3) is 0 Å². The number of phenolic OH excluding ortho intramolecular Hbond substituents is 2. The Kier molecular flexibility index (Phi) is 26.4. The second kappa shape index (κ2) is 31.6. The zero-order chi connectivity index (χ0) is 58.5. The van der Waals surface area contributed by atoms with Crippen molar-refractivity contribution >= 4 is 23.5 Å². The minimum absolute atomic E-state index is 0.00469. The summed E-state index contributed by atoms with van der Waals surface area (Å²) < 4.78 is 137. The van der Waals surface area contributed by atoms with Crippen molar-refractivity contribution in [3.05, 3.63) is 118 Å². The van der Waals surface area contributed by atoms with E-state index in [0.29, 0.717) is 24.7 Å². The first-order chi connectivity index (χ1) is 38.0. The minimum Gasteiger partial charge on any atom is -0.508 e. The SMILES string of the molecule is C[C@]1(c2ccc(CO)cc2)COc2cc(O)ccc2[C@H]1CCCCCCCCCSCCCC(F)(F)C(F)(F)F.C[C@]1(c2ccc(CO)cc2)COc2cc(O)ccc2[C@H]1CCCCCCCCCSCCCC(F)(F)C(F)(F)F. The van der Waals surface area contributed by atoms with E-state index in [9.17, 15) is 64.3 Å². The topological polar surface area (TPSA) is 99.4 Å².